The highest BCUT2D eigenvalue weighted by Crippen LogP contribution is 2.21. The molecule has 0 fully saturated rings. The number of rotatable bonds is 8. The summed E-state index contributed by atoms with van der Waals surface area (Å²) in [6, 6.07) is 23.5. The molecule has 0 unspecified atom stereocenters. The average molecular weight is 450 g/mol. The molecular weight excluding hydrogens is 422 g/mol. The third kappa shape index (κ3) is 6.42. The Kier molecular flexibility index (Phi) is 7.67. The SMILES string of the molecule is CC(C)(CN)CN(Cc1ccc(NC(=O)c2cccc(Cl)c2)cc1)C(=O)c1ccccc1. The van der Waals surface area contributed by atoms with Crippen LogP contribution in [0.1, 0.15) is 40.1 Å². The van der Waals surface area contributed by atoms with Crippen LogP contribution in [0.4, 0.5) is 5.69 Å². The number of carbonyl (C=O) groups excluding carboxylic acids is 2. The number of hydrogen-bond donors (Lipinski definition) is 2. The summed E-state index contributed by atoms with van der Waals surface area (Å²) in [6.45, 7) is 5.55. The summed E-state index contributed by atoms with van der Waals surface area (Å²) < 4.78 is 0. The number of halogens is 1. The maximum absolute atomic E-state index is 13.2. The van der Waals surface area contributed by atoms with Crippen molar-refractivity contribution in [1.82, 2.24) is 4.90 Å². The van der Waals surface area contributed by atoms with E-state index < -0.39 is 0 Å². The Hall–Kier alpha value is -3.15. The normalized spacial score (nSPS) is 11.1. The van der Waals surface area contributed by atoms with E-state index in [1.165, 1.54) is 0 Å². The van der Waals surface area contributed by atoms with Crippen LogP contribution in [0.2, 0.25) is 5.02 Å². The standard InChI is InChI=1S/C26H28ClN3O2/c1-26(2,17-28)18-30(25(32)20-7-4-3-5-8-20)16-19-11-13-23(14-12-19)29-24(31)21-9-6-10-22(27)15-21/h3-15H,16-18,28H2,1-2H3,(H,29,31). The van der Waals surface area contributed by atoms with Gasteiger partial charge in [0.05, 0.1) is 0 Å². The van der Waals surface area contributed by atoms with Crippen LogP contribution < -0.4 is 11.1 Å². The maximum Gasteiger partial charge on any atom is 0.255 e. The zero-order valence-electron chi connectivity index (χ0n) is 18.3. The van der Waals surface area contributed by atoms with Gasteiger partial charge in [0.25, 0.3) is 11.8 Å². The lowest BCUT2D eigenvalue weighted by atomic mass is 9.92. The second-order valence-electron chi connectivity index (χ2n) is 8.56. The van der Waals surface area contributed by atoms with Crippen LogP contribution in [0.5, 0.6) is 0 Å². The molecule has 3 aromatic carbocycles. The van der Waals surface area contributed by atoms with Gasteiger partial charge < -0.3 is 16.0 Å². The minimum atomic E-state index is -0.231. The number of amides is 2. The molecule has 6 heteroatoms. The van der Waals surface area contributed by atoms with Crippen LogP contribution in [0.15, 0.2) is 78.9 Å². The van der Waals surface area contributed by atoms with Crippen LogP contribution in [-0.2, 0) is 6.54 Å². The minimum Gasteiger partial charge on any atom is -0.334 e. The molecule has 3 rings (SSSR count). The molecule has 0 bridgehead atoms. The van der Waals surface area contributed by atoms with Crippen LogP contribution in [0.3, 0.4) is 0 Å². The van der Waals surface area contributed by atoms with Crippen molar-refractivity contribution < 1.29 is 9.59 Å². The van der Waals surface area contributed by atoms with Crippen molar-refractivity contribution in [2.24, 2.45) is 11.1 Å². The molecule has 0 radical (unpaired) electrons. The zero-order valence-corrected chi connectivity index (χ0v) is 19.1. The van der Waals surface area contributed by atoms with E-state index in [1.807, 2.05) is 73.3 Å². The second kappa shape index (κ2) is 10.4. The van der Waals surface area contributed by atoms with Crippen LogP contribution in [-0.4, -0.2) is 29.8 Å². The van der Waals surface area contributed by atoms with E-state index in [-0.39, 0.29) is 17.2 Å². The summed E-state index contributed by atoms with van der Waals surface area (Å²) in [4.78, 5) is 27.4. The number of nitrogens with one attached hydrogen (secondary N) is 1. The Labute approximate surface area is 194 Å². The Balaban J connectivity index is 1.73. The minimum absolute atomic E-state index is 0.0366. The number of benzene rings is 3. The van der Waals surface area contributed by atoms with E-state index in [0.717, 1.165) is 5.56 Å². The molecule has 0 saturated carbocycles. The molecule has 166 valence electrons. The van der Waals surface area contributed by atoms with Crippen molar-refractivity contribution in [3.63, 3.8) is 0 Å². The number of nitrogens with zero attached hydrogens (tertiary/aromatic N) is 1. The molecule has 0 aromatic heterocycles. The van der Waals surface area contributed by atoms with Crippen LogP contribution in [0, 0.1) is 5.41 Å². The first-order valence-corrected chi connectivity index (χ1v) is 10.9. The van der Waals surface area contributed by atoms with Gasteiger partial charge in [-0.3, -0.25) is 9.59 Å². The Morgan fingerprint density at radius 3 is 2.22 bits per heavy atom. The monoisotopic (exact) mass is 449 g/mol. The fourth-order valence-corrected chi connectivity index (χ4v) is 3.48. The van der Waals surface area contributed by atoms with Crippen molar-refractivity contribution in [3.8, 4) is 0 Å². The molecule has 0 aliphatic heterocycles. The molecule has 0 heterocycles. The van der Waals surface area contributed by atoms with Gasteiger partial charge in [0.15, 0.2) is 0 Å². The summed E-state index contributed by atoms with van der Waals surface area (Å²) in [5, 5.41) is 3.38. The summed E-state index contributed by atoms with van der Waals surface area (Å²) in [6.07, 6.45) is 0. The quantitative estimate of drug-likeness (QED) is 0.495. The lowest BCUT2D eigenvalue weighted by Gasteiger charge is -2.32. The van der Waals surface area contributed by atoms with E-state index in [4.69, 9.17) is 17.3 Å². The summed E-state index contributed by atoms with van der Waals surface area (Å²) in [7, 11) is 0. The molecule has 0 aliphatic rings. The first kappa shape index (κ1) is 23.5. The van der Waals surface area contributed by atoms with Crippen molar-refractivity contribution in [3.05, 3.63) is 101 Å². The van der Waals surface area contributed by atoms with Gasteiger partial charge in [0.2, 0.25) is 0 Å². The average Bonchev–Trinajstić information content (AvgIpc) is 2.80. The van der Waals surface area contributed by atoms with E-state index in [0.29, 0.717) is 41.5 Å². The highest BCUT2D eigenvalue weighted by molar-refractivity contribution is 6.31. The summed E-state index contributed by atoms with van der Waals surface area (Å²) in [5.74, 6) is -0.267. The van der Waals surface area contributed by atoms with Gasteiger partial charge in [-0.1, -0.05) is 61.8 Å². The Bertz CT molecular complexity index is 1070. The fraction of sp³-hybridized carbons (Fsp3) is 0.231. The third-order valence-electron chi connectivity index (χ3n) is 5.15. The van der Waals surface area contributed by atoms with Crippen molar-refractivity contribution >= 4 is 29.1 Å². The topological polar surface area (TPSA) is 75.4 Å². The first-order valence-electron chi connectivity index (χ1n) is 10.5. The zero-order chi connectivity index (χ0) is 23.1. The van der Waals surface area contributed by atoms with Gasteiger partial charge in [0, 0.05) is 34.9 Å². The van der Waals surface area contributed by atoms with E-state index >= 15 is 0 Å². The Morgan fingerprint density at radius 1 is 0.938 bits per heavy atom. The van der Waals surface area contributed by atoms with Gasteiger partial charge in [-0.05, 0) is 60.0 Å². The van der Waals surface area contributed by atoms with E-state index in [1.54, 1.807) is 24.3 Å². The molecule has 32 heavy (non-hydrogen) atoms. The van der Waals surface area contributed by atoms with Gasteiger partial charge in [-0.2, -0.15) is 0 Å². The highest BCUT2D eigenvalue weighted by atomic mass is 35.5. The second-order valence-corrected chi connectivity index (χ2v) is 8.99. The smallest absolute Gasteiger partial charge is 0.255 e. The van der Waals surface area contributed by atoms with Gasteiger partial charge in [0.1, 0.15) is 0 Å². The molecule has 0 spiro atoms. The molecule has 5 nitrogen and oxygen atoms in total. The predicted molar refractivity (Wildman–Crippen MR) is 130 cm³/mol. The molecule has 0 aliphatic carbocycles. The first-order chi connectivity index (χ1) is 15.3. The predicted octanol–water partition coefficient (Wildman–Crippen LogP) is 5.22. The molecule has 2 amide bonds. The van der Waals surface area contributed by atoms with Crippen molar-refractivity contribution in [1.29, 1.82) is 0 Å². The molecular formula is C26H28ClN3O2. The largest absolute Gasteiger partial charge is 0.334 e. The van der Waals surface area contributed by atoms with Gasteiger partial charge >= 0.3 is 0 Å². The molecule has 3 N–H and O–H groups in total. The third-order valence-corrected chi connectivity index (χ3v) is 5.39. The molecule has 0 atom stereocenters. The van der Waals surface area contributed by atoms with Gasteiger partial charge in [-0.25, -0.2) is 0 Å². The number of carbonyl (C=O) groups is 2. The van der Waals surface area contributed by atoms with E-state index in [9.17, 15) is 9.59 Å². The van der Waals surface area contributed by atoms with Crippen LogP contribution in [0.25, 0.3) is 0 Å². The van der Waals surface area contributed by atoms with E-state index in [2.05, 4.69) is 5.32 Å². The highest BCUT2D eigenvalue weighted by Gasteiger charge is 2.24. The lowest BCUT2D eigenvalue weighted by Crippen LogP contribution is -2.41. The number of anilines is 1. The maximum atomic E-state index is 13.2. The Morgan fingerprint density at radius 2 is 1.59 bits per heavy atom. The lowest BCUT2D eigenvalue weighted by molar-refractivity contribution is 0.0673. The van der Waals surface area contributed by atoms with Crippen molar-refractivity contribution in [2.45, 2.75) is 20.4 Å². The summed E-state index contributed by atoms with van der Waals surface area (Å²) >= 11 is 5.97. The number of nitrogens with two attached hydrogens (primary N) is 1. The van der Waals surface area contributed by atoms with Gasteiger partial charge in [-0.15, -0.1) is 0 Å². The van der Waals surface area contributed by atoms with Crippen molar-refractivity contribution in [2.75, 3.05) is 18.4 Å². The molecule has 3 aromatic rings. The fourth-order valence-electron chi connectivity index (χ4n) is 3.29. The van der Waals surface area contributed by atoms with Crippen LogP contribution >= 0.6 is 11.6 Å². The molecule has 0 saturated heterocycles. The summed E-state index contributed by atoms with van der Waals surface area (Å²) in [5.41, 5.74) is 8.48. The number of hydrogen-bond acceptors (Lipinski definition) is 3.